The Balaban J connectivity index is 1.87. The van der Waals surface area contributed by atoms with E-state index in [9.17, 15) is 14.7 Å². The molecule has 1 aliphatic rings. The predicted octanol–water partition coefficient (Wildman–Crippen LogP) is 3.82. The molecule has 2 N–H and O–H groups in total. The minimum atomic E-state index is -0.698. The Labute approximate surface area is 180 Å². The van der Waals surface area contributed by atoms with Crippen molar-refractivity contribution >= 4 is 22.4 Å². The number of aromatic hydroxyl groups is 1. The number of rotatable bonds is 6. The summed E-state index contributed by atoms with van der Waals surface area (Å²) in [5.74, 6) is -0.973. The molecule has 0 unspecified atom stereocenters. The summed E-state index contributed by atoms with van der Waals surface area (Å²) in [6.07, 6.45) is 8.21. The first-order chi connectivity index (χ1) is 15.1. The predicted molar refractivity (Wildman–Crippen MR) is 121 cm³/mol. The number of hydrogen-bond acceptors (Lipinski definition) is 4. The van der Waals surface area contributed by atoms with Crippen LogP contribution in [0.1, 0.15) is 41.3 Å². The fraction of sp³-hybridized carbons (Fsp3) is 0.200. The minimum Gasteiger partial charge on any atom is -0.506 e. The summed E-state index contributed by atoms with van der Waals surface area (Å²) in [6, 6.07) is 14.9. The number of benzene rings is 2. The molecule has 1 amide bonds. The van der Waals surface area contributed by atoms with E-state index in [0.717, 1.165) is 34.3 Å². The van der Waals surface area contributed by atoms with Gasteiger partial charge in [0.05, 0.1) is 5.52 Å². The van der Waals surface area contributed by atoms with Crippen LogP contribution in [-0.2, 0) is 6.61 Å². The highest BCUT2D eigenvalue weighted by Crippen LogP contribution is 2.31. The van der Waals surface area contributed by atoms with Gasteiger partial charge in [0.15, 0.2) is 0 Å². The zero-order valence-corrected chi connectivity index (χ0v) is 17.3. The third-order valence-corrected chi connectivity index (χ3v) is 5.20. The van der Waals surface area contributed by atoms with Crippen molar-refractivity contribution in [3.05, 3.63) is 93.8 Å². The monoisotopic (exact) mass is 416 g/mol. The number of fused-ring (bicyclic) bond motifs is 1. The molecule has 6 heteroatoms. The number of hydrogen-bond donors (Lipinski definition) is 2. The molecule has 0 radical (unpaired) electrons. The average molecular weight is 416 g/mol. The van der Waals surface area contributed by atoms with Crippen molar-refractivity contribution in [3.63, 3.8) is 0 Å². The fourth-order valence-electron chi connectivity index (χ4n) is 3.65. The number of carbonyl (C=O) groups excluding carboxylic acids is 1. The van der Waals surface area contributed by atoms with E-state index in [4.69, 9.17) is 4.84 Å². The van der Waals surface area contributed by atoms with Crippen LogP contribution < -0.4 is 15.7 Å². The highest BCUT2D eigenvalue weighted by molar-refractivity contribution is 6.03. The first kappa shape index (κ1) is 20.5. The minimum absolute atomic E-state index is 0.144. The van der Waals surface area contributed by atoms with Gasteiger partial charge in [-0.1, -0.05) is 54.6 Å². The molecule has 0 spiro atoms. The van der Waals surface area contributed by atoms with E-state index >= 15 is 0 Å². The molecule has 1 aromatic heterocycles. The SMILES string of the molecule is CCNC(=O)c1c(O)c2cc(C3=CCCC=C3)ccc2n(OCc2ccccc2)c1=O. The smallest absolute Gasteiger partial charge is 0.300 e. The van der Waals surface area contributed by atoms with Crippen LogP contribution in [0.5, 0.6) is 5.75 Å². The number of carbonyl (C=O) groups is 1. The van der Waals surface area contributed by atoms with E-state index in [1.54, 1.807) is 19.1 Å². The Hall–Kier alpha value is -3.80. The Kier molecular flexibility index (Phi) is 5.89. The van der Waals surface area contributed by atoms with Crippen LogP contribution in [-0.4, -0.2) is 22.3 Å². The van der Waals surface area contributed by atoms with Gasteiger partial charge < -0.3 is 15.3 Å². The Morgan fingerprint density at radius 1 is 1.16 bits per heavy atom. The molecule has 3 aromatic rings. The van der Waals surface area contributed by atoms with E-state index < -0.39 is 11.5 Å². The maximum atomic E-state index is 13.1. The van der Waals surface area contributed by atoms with E-state index in [-0.39, 0.29) is 17.9 Å². The number of aromatic nitrogens is 1. The van der Waals surface area contributed by atoms with Gasteiger partial charge in [-0.15, -0.1) is 4.73 Å². The van der Waals surface area contributed by atoms with Gasteiger partial charge >= 0.3 is 0 Å². The van der Waals surface area contributed by atoms with Crippen molar-refractivity contribution in [2.45, 2.75) is 26.4 Å². The van der Waals surface area contributed by atoms with Crippen LogP contribution in [0, 0.1) is 0 Å². The zero-order chi connectivity index (χ0) is 21.8. The first-order valence-electron chi connectivity index (χ1n) is 10.3. The lowest BCUT2D eigenvalue weighted by Gasteiger charge is -2.17. The van der Waals surface area contributed by atoms with Crippen LogP contribution in [0.3, 0.4) is 0 Å². The topological polar surface area (TPSA) is 80.6 Å². The number of pyridine rings is 1. The highest BCUT2D eigenvalue weighted by atomic mass is 16.7. The number of amides is 1. The molecular weight excluding hydrogens is 392 g/mol. The van der Waals surface area contributed by atoms with Gasteiger partial charge in [0, 0.05) is 11.9 Å². The van der Waals surface area contributed by atoms with Gasteiger partial charge in [-0.05, 0) is 48.6 Å². The van der Waals surface area contributed by atoms with Gasteiger partial charge in [-0.2, -0.15) is 0 Å². The third-order valence-electron chi connectivity index (χ3n) is 5.20. The molecular formula is C25H24N2O4. The fourth-order valence-corrected chi connectivity index (χ4v) is 3.65. The summed E-state index contributed by atoms with van der Waals surface area (Å²) in [4.78, 5) is 31.5. The van der Waals surface area contributed by atoms with Crippen molar-refractivity contribution in [1.82, 2.24) is 10.0 Å². The molecule has 0 aliphatic heterocycles. The second-order valence-electron chi connectivity index (χ2n) is 7.31. The normalized spacial score (nSPS) is 13.1. The van der Waals surface area contributed by atoms with Gasteiger partial charge in [-0.3, -0.25) is 9.59 Å². The lowest BCUT2D eigenvalue weighted by molar-refractivity contribution is 0.0899. The second-order valence-corrected chi connectivity index (χ2v) is 7.31. The molecule has 0 saturated heterocycles. The summed E-state index contributed by atoms with van der Waals surface area (Å²) in [5.41, 5.74) is 2.19. The van der Waals surface area contributed by atoms with Gasteiger partial charge in [0.2, 0.25) is 0 Å². The van der Waals surface area contributed by atoms with Crippen molar-refractivity contribution in [2.75, 3.05) is 6.54 Å². The molecule has 6 nitrogen and oxygen atoms in total. The molecule has 0 saturated carbocycles. The van der Waals surface area contributed by atoms with Crippen molar-refractivity contribution < 1.29 is 14.7 Å². The lowest BCUT2D eigenvalue weighted by atomic mass is 9.97. The highest BCUT2D eigenvalue weighted by Gasteiger charge is 2.23. The van der Waals surface area contributed by atoms with Crippen LogP contribution >= 0.6 is 0 Å². The van der Waals surface area contributed by atoms with Crippen LogP contribution in [0.4, 0.5) is 0 Å². The van der Waals surface area contributed by atoms with Crippen LogP contribution in [0.25, 0.3) is 16.5 Å². The number of nitrogens with zero attached hydrogens (tertiary/aromatic N) is 1. The van der Waals surface area contributed by atoms with Gasteiger partial charge in [-0.25, -0.2) is 0 Å². The molecule has 2 aromatic carbocycles. The third kappa shape index (κ3) is 4.10. The first-order valence-corrected chi connectivity index (χ1v) is 10.3. The average Bonchev–Trinajstić information content (AvgIpc) is 2.80. The summed E-state index contributed by atoms with van der Waals surface area (Å²) in [5, 5.41) is 13.9. The summed E-state index contributed by atoms with van der Waals surface area (Å²) in [7, 11) is 0. The lowest BCUT2D eigenvalue weighted by Crippen LogP contribution is -2.36. The van der Waals surface area contributed by atoms with E-state index in [2.05, 4.69) is 17.5 Å². The van der Waals surface area contributed by atoms with Crippen LogP contribution in [0.15, 0.2) is 71.6 Å². The van der Waals surface area contributed by atoms with Crippen molar-refractivity contribution in [3.8, 4) is 5.75 Å². The largest absolute Gasteiger partial charge is 0.506 e. The summed E-state index contributed by atoms with van der Waals surface area (Å²) in [6.45, 7) is 2.23. The Bertz CT molecular complexity index is 1240. The van der Waals surface area contributed by atoms with Gasteiger partial charge in [0.25, 0.3) is 11.5 Å². The van der Waals surface area contributed by atoms with Gasteiger partial charge in [0.1, 0.15) is 17.9 Å². The summed E-state index contributed by atoms with van der Waals surface area (Å²) < 4.78 is 1.10. The van der Waals surface area contributed by atoms with Crippen LogP contribution in [0.2, 0.25) is 0 Å². The maximum absolute atomic E-state index is 13.1. The van der Waals surface area contributed by atoms with E-state index in [0.29, 0.717) is 17.4 Å². The van der Waals surface area contributed by atoms with Crippen molar-refractivity contribution in [2.24, 2.45) is 0 Å². The second kappa shape index (κ2) is 8.92. The molecule has 0 atom stereocenters. The Morgan fingerprint density at radius 2 is 1.97 bits per heavy atom. The molecule has 1 aliphatic carbocycles. The molecule has 0 fully saturated rings. The molecule has 31 heavy (non-hydrogen) atoms. The quantitative estimate of drug-likeness (QED) is 0.640. The molecule has 4 rings (SSSR count). The Morgan fingerprint density at radius 3 is 2.68 bits per heavy atom. The number of allylic oxidation sites excluding steroid dienone is 4. The molecule has 1 heterocycles. The van der Waals surface area contributed by atoms with E-state index in [1.165, 1.54) is 0 Å². The van der Waals surface area contributed by atoms with E-state index in [1.807, 2.05) is 42.5 Å². The summed E-state index contributed by atoms with van der Waals surface area (Å²) >= 11 is 0. The molecule has 0 bridgehead atoms. The maximum Gasteiger partial charge on any atom is 0.300 e. The number of nitrogens with one attached hydrogen (secondary N) is 1. The standard InChI is InChI=1S/C25H24N2O4/c1-2-26-24(29)22-23(28)20-15-19(18-11-7-4-8-12-18)13-14-21(20)27(25(22)30)31-16-17-9-5-3-6-10-17/h3,5-7,9-15,28H,2,4,8,16H2,1H3,(H,26,29). The van der Waals surface area contributed by atoms with Crippen molar-refractivity contribution in [1.29, 1.82) is 0 Å². The molecule has 158 valence electrons. The zero-order valence-electron chi connectivity index (χ0n) is 17.3.